The van der Waals surface area contributed by atoms with Gasteiger partial charge in [-0.1, -0.05) is 48.5 Å². The second-order valence-electron chi connectivity index (χ2n) is 7.04. The predicted octanol–water partition coefficient (Wildman–Crippen LogP) is 4.33. The normalized spacial score (nSPS) is 16.8. The Morgan fingerprint density at radius 3 is 2.42 bits per heavy atom. The molecular weight excluding hydrogens is 326 g/mol. The van der Waals surface area contributed by atoms with Crippen LogP contribution < -0.4 is 0 Å². The molecule has 1 atom stereocenters. The molecule has 0 aliphatic carbocycles. The number of likely N-dealkylation sites (tertiary alicyclic amines) is 1. The standard InChI is InChI=1S/C22H23NO3/c1-15-18-9-5-6-10-19(18)26-21(15)22(25)23-13-11-17(12-14-23)20(24)16-7-3-2-4-8-16/h2-10,17,20,24H,11-14H2,1H3. The number of furan rings is 1. The second-order valence-corrected chi connectivity index (χ2v) is 7.04. The van der Waals surface area contributed by atoms with Gasteiger partial charge in [0, 0.05) is 24.0 Å². The number of amides is 1. The van der Waals surface area contributed by atoms with Crippen molar-refractivity contribution < 1.29 is 14.3 Å². The molecule has 0 radical (unpaired) electrons. The fourth-order valence-electron chi connectivity index (χ4n) is 3.86. The van der Waals surface area contributed by atoms with E-state index in [-0.39, 0.29) is 11.8 Å². The zero-order valence-electron chi connectivity index (χ0n) is 14.9. The zero-order valence-corrected chi connectivity index (χ0v) is 14.9. The number of aliphatic hydroxyl groups excluding tert-OH is 1. The Morgan fingerprint density at radius 2 is 1.73 bits per heavy atom. The molecule has 134 valence electrons. The summed E-state index contributed by atoms with van der Waals surface area (Å²) in [5.74, 6) is 0.567. The number of aliphatic hydroxyl groups is 1. The van der Waals surface area contributed by atoms with Gasteiger partial charge in [0.05, 0.1) is 6.10 Å². The van der Waals surface area contributed by atoms with E-state index in [1.165, 1.54) is 0 Å². The quantitative estimate of drug-likeness (QED) is 0.766. The summed E-state index contributed by atoms with van der Waals surface area (Å²) >= 11 is 0. The van der Waals surface area contributed by atoms with E-state index >= 15 is 0 Å². The third-order valence-electron chi connectivity index (χ3n) is 5.45. The Kier molecular flexibility index (Phi) is 4.51. The van der Waals surface area contributed by atoms with Gasteiger partial charge >= 0.3 is 0 Å². The summed E-state index contributed by atoms with van der Waals surface area (Å²) in [5, 5.41) is 11.6. The molecule has 2 aromatic carbocycles. The molecule has 1 aliphatic heterocycles. The van der Waals surface area contributed by atoms with Crippen LogP contribution in [-0.4, -0.2) is 29.0 Å². The van der Waals surface area contributed by atoms with Gasteiger partial charge in [0.25, 0.3) is 5.91 Å². The lowest BCUT2D eigenvalue weighted by atomic mass is 9.87. The Balaban J connectivity index is 1.46. The number of aryl methyl sites for hydroxylation is 1. The maximum Gasteiger partial charge on any atom is 0.289 e. The predicted molar refractivity (Wildman–Crippen MR) is 101 cm³/mol. The highest BCUT2D eigenvalue weighted by molar-refractivity contribution is 5.98. The molecular formula is C22H23NO3. The summed E-state index contributed by atoms with van der Waals surface area (Å²) in [6.07, 6.45) is 1.11. The van der Waals surface area contributed by atoms with Crippen LogP contribution in [0.1, 0.15) is 40.6 Å². The van der Waals surface area contributed by atoms with Crippen molar-refractivity contribution in [1.82, 2.24) is 4.90 Å². The van der Waals surface area contributed by atoms with Crippen molar-refractivity contribution in [2.45, 2.75) is 25.9 Å². The first-order valence-electron chi connectivity index (χ1n) is 9.15. The van der Waals surface area contributed by atoms with Crippen LogP contribution in [0.5, 0.6) is 0 Å². The van der Waals surface area contributed by atoms with Crippen molar-refractivity contribution in [2.75, 3.05) is 13.1 Å². The van der Waals surface area contributed by atoms with Gasteiger partial charge in [0.15, 0.2) is 5.76 Å². The van der Waals surface area contributed by atoms with E-state index in [1.807, 2.05) is 66.4 Å². The lowest BCUT2D eigenvalue weighted by Crippen LogP contribution is -2.39. The Labute approximate surface area is 153 Å². The van der Waals surface area contributed by atoms with Crippen molar-refractivity contribution in [3.05, 3.63) is 71.5 Å². The van der Waals surface area contributed by atoms with E-state index in [4.69, 9.17) is 4.42 Å². The molecule has 0 bridgehead atoms. The van der Waals surface area contributed by atoms with E-state index in [0.29, 0.717) is 18.8 Å². The van der Waals surface area contributed by atoms with Crippen LogP contribution in [0.3, 0.4) is 0 Å². The van der Waals surface area contributed by atoms with Crippen molar-refractivity contribution in [1.29, 1.82) is 0 Å². The average Bonchev–Trinajstić information content (AvgIpc) is 3.04. The first-order valence-corrected chi connectivity index (χ1v) is 9.15. The molecule has 4 rings (SSSR count). The highest BCUT2D eigenvalue weighted by Gasteiger charge is 2.30. The molecule has 1 unspecified atom stereocenters. The molecule has 1 saturated heterocycles. The Morgan fingerprint density at radius 1 is 1.08 bits per heavy atom. The van der Waals surface area contributed by atoms with Crippen molar-refractivity contribution in [2.24, 2.45) is 5.92 Å². The molecule has 4 heteroatoms. The first kappa shape index (κ1) is 16.9. The van der Waals surface area contributed by atoms with Gasteiger partial charge in [-0.3, -0.25) is 4.79 Å². The fourth-order valence-corrected chi connectivity index (χ4v) is 3.86. The number of piperidine rings is 1. The van der Waals surface area contributed by atoms with Crippen LogP contribution in [0, 0.1) is 12.8 Å². The lowest BCUT2D eigenvalue weighted by molar-refractivity contribution is 0.0443. The van der Waals surface area contributed by atoms with Crippen LogP contribution >= 0.6 is 0 Å². The van der Waals surface area contributed by atoms with E-state index < -0.39 is 6.10 Å². The zero-order chi connectivity index (χ0) is 18.1. The molecule has 1 fully saturated rings. The molecule has 4 nitrogen and oxygen atoms in total. The molecule has 3 aromatic rings. The maximum absolute atomic E-state index is 12.9. The topological polar surface area (TPSA) is 53.7 Å². The van der Waals surface area contributed by atoms with Crippen molar-refractivity contribution in [3.8, 4) is 0 Å². The molecule has 26 heavy (non-hydrogen) atoms. The van der Waals surface area contributed by atoms with E-state index in [2.05, 4.69) is 0 Å². The maximum atomic E-state index is 12.9. The number of rotatable bonds is 3. The summed E-state index contributed by atoms with van der Waals surface area (Å²) in [5.41, 5.74) is 2.60. The average molecular weight is 349 g/mol. The van der Waals surface area contributed by atoms with Gasteiger partial charge in [-0.2, -0.15) is 0 Å². The van der Waals surface area contributed by atoms with Gasteiger partial charge in [-0.25, -0.2) is 0 Å². The first-order chi connectivity index (χ1) is 12.6. The number of carbonyl (C=O) groups excluding carboxylic acids is 1. The van der Waals surface area contributed by atoms with Crippen LogP contribution in [0.25, 0.3) is 11.0 Å². The molecule has 1 aliphatic rings. The van der Waals surface area contributed by atoms with E-state index in [0.717, 1.165) is 34.9 Å². The number of hydrogen-bond donors (Lipinski definition) is 1. The smallest absolute Gasteiger partial charge is 0.289 e. The summed E-state index contributed by atoms with van der Waals surface area (Å²) < 4.78 is 5.82. The number of hydrogen-bond acceptors (Lipinski definition) is 3. The van der Waals surface area contributed by atoms with Crippen LogP contribution in [0.4, 0.5) is 0 Å². The third kappa shape index (κ3) is 3.01. The van der Waals surface area contributed by atoms with Gasteiger partial charge < -0.3 is 14.4 Å². The van der Waals surface area contributed by atoms with Gasteiger partial charge in [-0.05, 0) is 37.3 Å². The van der Waals surface area contributed by atoms with E-state index in [9.17, 15) is 9.90 Å². The van der Waals surface area contributed by atoms with Gasteiger partial charge in [0.2, 0.25) is 0 Å². The highest BCUT2D eigenvalue weighted by Crippen LogP contribution is 2.32. The fraction of sp³-hybridized carbons (Fsp3) is 0.318. The summed E-state index contributed by atoms with van der Waals surface area (Å²) in [7, 11) is 0. The van der Waals surface area contributed by atoms with Crippen molar-refractivity contribution in [3.63, 3.8) is 0 Å². The highest BCUT2D eigenvalue weighted by atomic mass is 16.3. The van der Waals surface area contributed by atoms with Gasteiger partial charge in [-0.15, -0.1) is 0 Å². The number of carbonyl (C=O) groups is 1. The summed E-state index contributed by atoms with van der Waals surface area (Å²) in [4.78, 5) is 14.8. The number of nitrogens with zero attached hydrogens (tertiary/aromatic N) is 1. The van der Waals surface area contributed by atoms with Crippen LogP contribution in [-0.2, 0) is 0 Å². The minimum atomic E-state index is -0.471. The summed E-state index contributed by atoms with van der Waals surface area (Å²) in [6.45, 7) is 3.22. The second kappa shape index (κ2) is 6.96. The molecule has 1 aromatic heterocycles. The Bertz CT molecular complexity index is 908. The molecule has 0 saturated carbocycles. The minimum absolute atomic E-state index is 0.0497. The number of benzene rings is 2. The third-order valence-corrected chi connectivity index (χ3v) is 5.45. The monoisotopic (exact) mass is 349 g/mol. The lowest BCUT2D eigenvalue weighted by Gasteiger charge is -2.34. The number of fused-ring (bicyclic) bond motifs is 1. The van der Waals surface area contributed by atoms with Crippen LogP contribution in [0.2, 0.25) is 0 Å². The molecule has 1 N–H and O–H groups in total. The number of para-hydroxylation sites is 1. The molecule has 0 spiro atoms. The van der Waals surface area contributed by atoms with Crippen molar-refractivity contribution >= 4 is 16.9 Å². The SMILES string of the molecule is Cc1c(C(=O)N2CCC(C(O)c3ccccc3)CC2)oc2ccccc12. The van der Waals surface area contributed by atoms with E-state index in [1.54, 1.807) is 0 Å². The summed E-state index contributed by atoms with van der Waals surface area (Å²) in [6, 6.07) is 17.5. The van der Waals surface area contributed by atoms with Gasteiger partial charge in [0.1, 0.15) is 5.58 Å². The van der Waals surface area contributed by atoms with Crippen LogP contribution in [0.15, 0.2) is 59.0 Å². The molecule has 2 heterocycles. The minimum Gasteiger partial charge on any atom is -0.451 e. The Hall–Kier alpha value is -2.59. The molecule has 1 amide bonds. The largest absolute Gasteiger partial charge is 0.451 e.